The fraction of sp³-hybridized carbons (Fsp3) is 0.120. The van der Waals surface area contributed by atoms with E-state index in [0.717, 1.165) is 36.1 Å². The summed E-state index contributed by atoms with van der Waals surface area (Å²) in [7, 11) is 0. The standard InChI is InChI=1S/C25H18F4N2/c1-2-3-15-4-6-16(7-5-15)19-13-30-25(31-14-19)17-8-9-20(21(26)10-17)18-11-22(27)24(29)23(28)12-18/h4-14H,2-3H2,1H3. The Morgan fingerprint density at radius 2 is 1.23 bits per heavy atom. The first kappa shape index (κ1) is 20.7. The number of hydrogen-bond donors (Lipinski definition) is 0. The number of aromatic nitrogens is 2. The maximum absolute atomic E-state index is 14.6. The lowest BCUT2D eigenvalue weighted by Gasteiger charge is -2.08. The zero-order valence-corrected chi connectivity index (χ0v) is 16.7. The molecule has 0 amide bonds. The van der Waals surface area contributed by atoms with Crippen LogP contribution in [0.4, 0.5) is 17.6 Å². The average Bonchev–Trinajstić information content (AvgIpc) is 2.78. The third-order valence-corrected chi connectivity index (χ3v) is 5.00. The van der Waals surface area contributed by atoms with E-state index in [1.54, 1.807) is 18.5 Å². The summed E-state index contributed by atoms with van der Waals surface area (Å²) in [6.07, 6.45) is 5.42. The molecule has 0 N–H and O–H groups in total. The van der Waals surface area contributed by atoms with Crippen LogP contribution in [0.15, 0.2) is 67.0 Å². The van der Waals surface area contributed by atoms with Crippen molar-refractivity contribution in [2.75, 3.05) is 0 Å². The van der Waals surface area contributed by atoms with E-state index in [0.29, 0.717) is 11.4 Å². The molecule has 0 saturated carbocycles. The number of benzene rings is 3. The predicted octanol–water partition coefficient (Wildman–Crippen LogP) is 6.99. The summed E-state index contributed by atoms with van der Waals surface area (Å²) in [4.78, 5) is 8.64. The second-order valence-corrected chi connectivity index (χ2v) is 7.19. The van der Waals surface area contributed by atoms with Crippen LogP contribution in [-0.2, 0) is 6.42 Å². The molecule has 0 atom stereocenters. The lowest BCUT2D eigenvalue weighted by Crippen LogP contribution is -1.95. The molecule has 31 heavy (non-hydrogen) atoms. The lowest BCUT2D eigenvalue weighted by molar-refractivity contribution is 0.447. The first-order valence-corrected chi connectivity index (χ1v) is 9.82. The van der Waals surface area contributed by atoms with Gasteiger partial charge in [0.1, 0.15) is 5.82 Å². The van der Waals surface area contributed by atoms with Crippen LogP contribution in [0.2, 0.25) is 0 Å². The van der Waals surface area contributed by atoms with Crippen LogP contribution in [0.25, 0.3) is 33.6 Å². The average molecular weight is 422 g/mol. The van der Waals surface area contributed by atoms with Crippen molar-refractivity contribution in [2.24, 2.45) is 0 Å². The molecular weight excluding hydrogens is 404 g/mol. The van der Waals surface area contributed by atoms with E-state index in [1.165, 1.54) is 17.7 Å². The summed E-state index contributed by atoms with van der Waals surface area (Å²) in [5.74, 6) is -4.75. The molecule has 156 valence electrons. The van der Waals surface area contributed by atoms with Gasteiger partial charge >= 0.3 is 0 Å². The van der Waals surface area contributed by atoms with Crippen molar-refractivity contribution in [1.29, 1.82) is 0 Å². The summed E-state index contributed by atoms with van der Waals surface area (Å²) >= 11 is 0. The summed E-state index contributed by atoms with van der Waals surface area (Å²) in [6, 6.07) is 13.8. The molecule has 0 aliphatic rings. The molecule has 0 unspecified atom stereocenters. The normalized spacial score (nSPS) is 11.0. The summed E-state index contributed by atoms with van der Waals surface area (Å²) in [5.41, 5.74) is 3.34. The monoisotopic (exact) mass is 422 g/mol. The van der Waals surface area contributed by atoms with Crippen molar-refractivity contribution in [3.8, 4) is 33.6 Å². The Hall–Kier alpha value is -3.54. The number of rotatable bonds is 5. The Kier molecular flexibility index (Phi) is 5.80. The lowest BCUT2D eigenvalue weighted by atomic mass is 10.0. The highest BCUT2D eigenvalue weighted by Crippen LogP contribution is 2.29. The van der Waals surface area contributed by atoms with Gasteiger partial charge in [-0.15, -0.1) is 0 Å². The minimum Gasteiger partial charge on any atom is -0.236 e. The van der Waals surface area contributed by atoms with Gasteiger partial charge in [0.2, 0.25) is 0 Å². The molecule has 4 rings (SSSR count). The van der Waals surface area contributed by atoms with Crippen molar-refractivity contribution >= 4 is 0 Å². The van der Waals surface area contributed by atoms with Crippen LogP contribution in [-0.4, -0.2) is 9.97 Å². The van der Waals surface area contributed by atoms with Crippen LogP contribution in [0, 0.1) is 23.3 Å². The molecule has 0 aliphatic carbocycles. The van der Waals surface area contributed by atoms with E-state index < -0.39 is 23.3 Å². The van der Waals surface area contributed by atoms with Crippen molar-refractivity contribution in [2.45, 2.75) is 19.8 Å². The fourth-order valence-electron chi connectivity index (χ4n) is 3.38. The van der Waals surface area contributed by atoms with E-state index in [9.17, 15) is 17.6 Å². The van der Waals surface area contributed by atoms with Gasteiger partial charge in [0.05, 0.1) is 0 Å². The van der Waals surface area contributed by atoms with Gasteiger partial charge in [-0.3, -0.25) is 0 Å². The minimum atomic E-state index is -1.59. The molecule has 1 heterocycles. The second-order valence-electron chi connectivity index (χ2n) is 7.19. The van der Waals surface area contributed by atoms with Gasteiger partial charge in [0.25, 0.3) is 0 Å². The van der Waals surface area contributed by atoms with Gasteiger partial charge in [-0.25, -0.2) is 27.5 Å². The molecule has 4 aromatic rings. The number of nitrogens with zero attached hydrogens (tertiary/aromatic N) is 2. The first-order chi connectivity index (χ1) is 15.0. The Balaban J connectivity index is 1.60. The van der Waals surface area contributed by atoms with Crippen LogP contribution >= 0.6 is 0 Å². The Morgan fingerprint density at radius 1 is 0.645 bits per heavy atom. The van der Waals surface area contributed by atoms with Gasteiger partial charge in [-0.2, -0.15) is 0 Å². The molecule has 2 nitrogen and oxygen atoms in total. The van der Waals surface area contributed by atoms with E-state index in [4.69, 9.17) is 0 Å². The minimum absolute atomic E-state index is 0.0506. The zero-order chi connectivity index (χ0) is 22.0. The summed E-state index contributed by atoms with van der Waals surface area (Å²) in [6.45, 7) is 2.13. The molecule has 0 saturated heterocycles. The van der Waals surface area contributed by atoms with Gasteiger partial charge in [-0.1, -0.05) is 49.7 Å². The molecule has 6 heteroatoms. The third kappa shape index (κ3) is 4.33. The highest BCUT2D eigenvalue weighted by molar-refractivity contribution is 5.69. The van der Waals surface area contributed by atoms with Crippen LogP contribution in [0.3, 0.4) is 0 Å². The number of aryl methyl sites for hydroxylation is 1. The fourth-order valence-corrected chi connectivity index (χ4v) is 3.38. The van der Waals surface area contributed by atoms with Crippen LogP contribution < -0.4 is 0 Å². The van der Waals surface area contributed by atoms with Crippen molar-refractivity contribution in [1.82, 2.24) is 9.97 Å². The van der Waals surface area contributed by atoms with E-state index in [1.807, 2.05) is 12.1 Å². The third-order valence-electron chi connectivity index (χ3n) is 5.00. The Morgan fingerprint density at radius 3 is 1.81 bits per heavy atom. The van der Waals surface area contributed by atoms with Crippen molar-refractivity contribution in [3.63, 3.8) is 0 Å². The number of halogens is 4. The highest BCUT2D eigenvalue weighted by atomic mass is 19.2. The molecule has 0 radical (unpaired) electrons. The maximum atomic E-state index is 14.6. The van der Waals surface area contributed by atoms with Gasteiger partial charge in [0.15, 0.2) is 23.3 Å². The quantitative estimate of drug-likeness (QED) is 0.256. The number of hydrogen-bond acceptors (Lipinski definition) is 2. The van der Waals surface area contributed by atoms with E-state index in [-0.39, 0.29) is 11.1 Å². The van der Waals surface area contributed by atoms with Gasteiger partial charge in [0, 0.05) is 29.1 Å². The highest BCUT2D eigenvalue weighted by Gasteiger charge is 2.15. The maximum Gasteiger partial charge on any atom is 0.194 e. The molecule has 0 bridgehead atoms. The summed E-state index contributed by atoms with van der Waals surface area (Å²) < 4.78 is 54.8. The Labute approximate surface area is 177 Å². The molecule has 0 spiro atoms. The van der Waals surface area contributed by atoms with Gasteiger partial charge in [-0.05, 0) is 41.3 Å². The summed E-state index contributed by atoms with van der Waals surface area (Å²) in [5, 5.41) is 0. The van der Waals surface area contributed by atoms with Crippen LogP contribution in [0.5, 0.6) is 0 Å². The molecule has 3 aromatic carbocycles. The largest absolute Gasteiger partial charge is 0.236 e. The van der Waals surface area contributed by atoms with Crippen LogP contribution in [0.1, 0.15) is 18.9 Å². The zero-order valence-electron chi connectivity index (χ0n) is 16.7. The Bertz CT molecular complexity index is 1200. The topological polar surface area (TPSA) is 25.8 Å². The second kappa shape index (κ2) is 8.68. The van der Waals surface area contributed by atoms with Crippen molar-refractivity contribution in [3.05, 3.63) is 95.8 Å². The molecule has 0 aliphatic heterocycles. The smallest absolute Gasteiger partial charge is 0.194 e. The SMILES string of the molecule is CCCc1ccc(-c2cnc(-c3ccc(-c4cc(F)c(F)c(F)c4)c(F)c3)nc2)cc1. The first-order valence-electron chi connectivity index (χ1n) is 9.82. The predicted molar refractivity (Wildman–Crippen MR) is 112 cm³/mol. The van der Waals surface area contributed by atoms with Crippen molar-refractivity contribution < 1.29 is 17.6 Å². The molecule has 0 fully saturated rings. The molecular formula is C25H18F4N2. The van der Waals surface area contributed by atoms with Gasteiger partial charge < -0.3 is 0 Å². The van der Waals surface area contributed by atoms with E-state index >= 15 is 0 Å². The van der Waals surface area contributed by atoms with E-state index in [2.05, 4.69) is 29.0 Å². The molecule has 1 aromatic heterocycles.